The zero-order valence-electron chi connectivity index (χ0n) is 17.6. The number of benzene rings is 2. The molecule has 1 amide bonds. The molecule has 2 aromatic carbocycles. The van der Waals surface area contributed by atoms with E-state index in [9.17, 15) is 4.79 Å². The Morgan fingerprint density at radius 1 is 1.19 bits per heavy atom. The highest BCUT2D eigenvalue weighted by atomic mass is 32.2. The lowest BCUT2D eigenvalue weighted by Crippen LogP contribution is -2.14. The summed E-state index contributed by atoms with van der Waals surface area (Å²) >= 11 is 1.35. The van der Waals surface area contributed by atoms with Gasteiger partial charge in [0.25, 0.3) is 0 Å². The van der Waals surface area contributed by atoms with Crippen LogP contribution < -0.4 is 14.8 Å². The van der Waals surface area contributed by atoms with Crippen molar-refractivity contribution in [1.29, 1.82) is 0 Å². The first-order valence-corrected chi connectivity index (χ1v) is 11.0. The van der Waals surface area contributed by atoms with Crippen molar-refractivity contribution in [1.82, 2.24) is 14.8 Å². The molecule has 0 saturated carbocycles. The number of ether oxygens (including phenoxy) is 2. The molecule has 1 aromatic heterocycles. The van der Waals surface area contributed by atoms with Gasteiger partial charge < -0.3 is 19.4 Å². The quantitative estimate of drug-likeness (QED) is 0.413. The van der Waals surface area contributed by atoms with Crippen molar-refractivity contribution in [2.75, 3.05) is 17.9 Å². The minimum atomic E-state index is -0.0952. The van der Waals surface area contributed by atoms with Crippen LogP contribution >= 0.6 is 11.8 Å². The Morgan fingerprint density at radius 3 is 2.74 bits per heavy atom. The van der Waals surface area contributed by atoms with Gasteiger partial charge >= 0.3 is 0 Å². The summed E-state index contributed by atoms with van der Waals surface area (Å²) in [4.78, 5) is 12.4. The lowest BCUT2D eigenvalue weighted by atomic mass is 10.1. The molecule has 0 radical (unpaired) electrons. The fourth-order valence-corrected chi connectivity index (χ4v) is 4.17. The van der Waals surface area contributed by atoms with E-state index in [0.29, 0.717) is 29.0 Å². The van der Waals surface area contributed by atoms with Crippen LogP contribution in [-0.4, -0.2) is 33.2 Å². The molecule has 0 unspecified atom stereocenters. The number of amides is 1. The summed E-state index contributed by atoms with van der Waals surface area (Å²) < 4.78 is 13.0. The van der Waals surface area contributed by atoms with Crippen molar-refractivity contribution in [3.8, 4) is 22.9 Å². The lowest BCUT2D eigenvalue weighted by Gasteiger charge is -2.09. The molecule has 0 bridgehead atoms. The van der Waals surface area contributed by atoms with E-state index >= 15 is 0 Å². The third kappa shape index (κ3) is 4.74. The van der Waals surface area contributed by atoms with Crippen LogP contribution in [0.3, 0.4) is 0 Å². The largest absolute Gasteiger partial charge is 0.454 e. The van der Waals surface area contributed by atoms with Gasteiger partial charge in [0.15, 0.2) is 22.5 Å². The first-order valence-electron chi connectivity index (χ1n) is 10.0. The molecule has 1 aliphatic heterocycles. The highest BCUT2D eigenvalue weighted by molar-refractivity contribution is 7.99. The Morgan fingerprint density at radius 2 is 2.00 bits per heavy atom. The van der Waals surface area contributed by atoms with Crippen molar-refractivity contribution in [3.63, 3.8) is 0 Å². The average Bonchev–Trinajstić information content (AvgIpc) is 3.39. The number of carbonyl (C=O) groups is 1. The maximum atomic E-state index is 12.4. The van der Waals surface area contributed by atoms with Gasteiger partial charge in [0, 0.05) is 12.2 Å². The zero-order valence-corrected chi connectivity index (χ0v) is 18.4. The Balaban J connectivity index is 1.42. The number of rotatable bonds is 8. The molecule has 8 heteroatoms. The van der Waals surface area contributed by atoms with Gasteiger partial charge in [0.2, 0.25) is 12.7 Å². The summed E-state index contributed by atoms with van der Waals surface area (Å²) in [6.07, 6.45) is 0.834. The van der Waals surface area contributed by atoms with Crippen molar-refractivity contribution < 1.29 is 14.3 Å². The molecule has 0 atom stereocenters. The Hall–Kier alpha value is -3.26. The molecule has 4 rings (SSSR count). The topological polar surface area (TPSA) is 78.3 Å². The van der Waals surface area contributed by atoms with Crippen LogP contribution in [0.1, 0.15) is 19.4 Å². The molecule has 3 aromatic rings. The van der Waals surface area contributed by atoms with E-state index in [-0.39, 0.29) is 18.5 Å². The molecular formula is C23H24N4O3S. The number of nitrogens with zero attached hydrogens (tertiary/aromatic N) is 3. The number of anilines is 1. The first kappa shape index (κ1) is 21.0. The van der Waals surface area contributed by atoms with Gasteiger partial charge in [-0.1, -0.05) is 42.1 Å². The summed E-state index contributed by atoms with van der Waals surface area (Å²) in [5.41, 5.74) is 3.87. The van der Waals surface area contributed by atoms with Gasteiger partial charge in [-0.2, -0.15) is 0 Å². The molecule has 7 nitrogen and oxygen atoms in total. The Kier molecular flexibility index (Phi) is 6.27. The van der Waals surface area contributed by atoms with Crippen LogP contribution in [0.15, 0.2) is 59.8 Å². The normalized spacial score (nSPS) is 12.1. The molecule has 1 N–H and O–H groups in total. The SMILES string of the molecule is C=C(C)Cc1ccc(NC(=O)CSc2nnc(-c3cccc4c3OCO4)n2CC)cc1. The number of hydrogen-bond acceptors (Lipinski definition) is 6. The fourth-order valence-electron chi connectivity index (χ4n) is 3.37. The summed E-state index contributed by atoms with van der Waals surface area (Å²) in [6, 6.07) is 13.5. The van der Waals surface area contributed by atoms with E-state index in [2.05, 4.69) is 22.1 Å². The van der Waals surface area contributed by atoms with Crippen molar-refractivity contribution in [2.24, 2.45) is 0 Å². The van der Waals surface area contributed by atoms with Crippen LogP contribution in [0.25, 0.3) is 11.4 Å². The monoisotopic (exact) mass is 436 g/mol. The van der Waals surface area contributed by atoms with Crippen LogP contribution in [0.2, 0.25) is 0 Å². The van der Waals surface area contributed by atoms with Crippen molar-refractivity contribution in [2.45, 2.75) is 32.0 Å². The predicted molar refractivity (Wildman–Crippen MR) is 122 cm³/mol. The highest BCUT2D eigenvalue weighted by Gasteiger charge is 2.23. The van der Waals surface area contributed by atoms with E-state index in [0.717, 1.165) is 23.2 Å². The third-order valence-electron chi connectivity index (χ3n) is 4.75. The molecule has 0 fully saturated rings. The van der Waals surface area contributed by atoms with Crippen molar-refractivity contribution in [3.05, 3.63) is 60.2 Å². The van der Waals surface area contributed by atoms with E-state index in [1.54, 1.807) is 0 Å². The standard InChI is InChI=1S/C23H24N4O3S/c1-4-27-22(18-6-5-7-19-21(18)30-14-29-19)25-26-23(27)31-13-20(28)24-17-10-8-16(9-11-17)12-15(2)3/h5-11H,2,4,12-14H2,1,3H3,(H,24,28). The van der Waals surface area contributed by atoms with Crippen LogP contribution in [-0.2, 0) is 17.8 Å². The van der Waals surface area contributed by atoms with Crippen LogP contribution in [0.4, 0.5) is 5.69 Å². The van der Waals surface area contributed by atoms with E-state index in [1.165, 1.54) is 17.3 Å². The van der Waals surface area contributed by atoms with Gasteiger partial charge in [-0.25, -0.2) is 0 Å². The molecule has 31 heavy (non-hydrogen) atoms. The number of thioether (sulfide) groups is 1. The van der Waals surface area contributed by atoms with E-state index in [1.807, 2.05) is 60.9 Å². The Bertz CT molecular complexity index is 1110. The minimum Gasteiger partial charge on any atom is -0.454 e. The number of nitrogens with one attached hydrogen (secondary N) is 1. The summed E-state index contributed by atoms with van der Waals surface area (Å²) in [5, 5.41) is 12.3. The van der Waals surface area contributed by atoms with Gasteiger partial charge in [-0.05, 0) is 50.1 Å². The van der Waals surface area contributed by atoms with Crippen LogP contribution in [0, 0.1) is 0 Å². The first-order chi connectivity index (χ1) is 15.0. The number of aromatic nitrogens is 3. The van der Waals surface area contributed by atoms with Gasteiger partial charge in [-0.3, -0.25) is 4.79 Å². The van der Waals surface area contributed by atoms with Gasteiger partial charge in [0.05, 0.1) is 11.3 Å². The maximum absolute atomic E-state index is 12.4. The predicted octanol–water partition coefficient (Wildman–Crippen LogP) is 4.54. The number of allylic oxidation sites excluding steroid dienone is 1. The summed E-state index contributed by atoms with van der Waals surface area (Å²) in [6.45, 7) is 8.81. The smallest absolute Gasteiger partial charge is 0.234 e. The summed E-state index contributed by atoms with van der Waals surface area (Å²) in [7, 11) is 0. The van der Waals surface area contributed by atoms with E-state index in [4.69, 9.17) is 9.47 Å². The van der Waals surface area contributed by atoms with Crippen LogP contribution in [0.5, 0.6) is 11.5 Å². The third-order valence-corrected chi connectivity index (χ3v) is 5.71. The average molecular weight is 437 g/mol. The van der Waals surface area contributed by atoms with Gasteiger partial charge in [0.1, 0.15) is 0 Å². The molecule has 0 aliphatic carbocycles. The second-order valence-electron chi connectivity index (χ2n) is 7.26. The lowest BCUT2D eigenvalue weighted by molar-refractivity contribution is -0.113. The summed E-state index contributed by atoms with van der Waals surface area (Å²) in [5.74, 6) is 2.21. The molecule has 0 saturated heterocycles. The maximum Gasteiger partial charge on any atom is 0.234 e. The second-order valence-corrected chi connectivity index (χ2v) is 8.20. The number of fused-ring (bicyclic) bond motifs is 1. The minimum absolute atomic E-state index is 0.0952. The molecule has 0 spiro atoms. The second kappa shape index (κ2) is 9.26. The molecule has 160 valence electrons. The Labute approximate surface area is 185 Å². The molecule has 1 aliphatic rings. The fraction of sp³-hybridized carbons (Fsp3) is 0.261. The number of carbonyl (C=O) groups excluding carboxylic acids is 1. The van der Waals surface area contributed by atoms with Gasteiger partial charge in [-0.15, -0.1) is 10.2 Å². The molecule has 2 heterocycles. The van der Waals surface area contributed by atoms with Crippen molar-refractivity contribution >= 4 is 23.4 Å². The number of hydrogen-bond donors (Lipinski definition) is 1. The van der Waals surface area contributed by atoms with E-state index < -0.39 is 0 Å². The number of para-hydroxylation sites is 1. The zero-order chi connectivity index (χ0) is 21.8. The highest BCUT2D eigenvalue weighted by Crippen LogP contribution is 2.41. The molecular weight excluding hydrogens is 412 g/mol.